The van der Waals surface area contributed by atoms with Crippen molar-refractivity contribution >= 4 is 10.9 Å². The zero-order valence-electron chi connectivity index (χ0n) is 10.6. The van der Waals surface area contributed by atoms with Crippen LogP contribution in [0.1, 0.15) is 16.8 Å². The largest absolute Gasteiger partial charge is 0.495 e. The molecule has 3 nitrogen and oxygen atoms in total. The van der Waals surface area contributed by atoms with Gasteiger partial charge in [-0.15, -0.1) is 0 Å². The summed E-state index contributed by atoms with van der Waals surface area (Å²) in [5.41, 5.74) is 5.30. The lowest BCUT2D eigenvalue weighted by atomic mass is 10.1. The van der Waals surface area contributed by atoms with Crippen molar-refractivity contribution < 1.29 is 4.74 Å². The van der Waals surface area contributed by atoms with Gasteiger partial charge in [-0.1, -0.05) is 0 Å². The average Bonchev–Trinajstić information content (AvgIpc) is 2.63. The topological polar surface area (TPSA) is 26.2 Å². The minimum absolute atomic E-state index is 0.961. The summed E-state index contributed by atoms with van der Waals surface area (Å²) >= 11 is 0. The third-order valence-electron chi connectivity index (χ3n) is 3.68. The van der Waals surface area contributed by atoms with Gasteiger partial charge in [0.1, 0.15) is 5.75 Å². The molecule has 0 amide bonds. The number of fused-ring (bicyclic) bond motifs is 3. The number of methoxy groups -OCH3 is 1. The molecular formula is C14H18N2O. The number of nitrogens with one attached hydrogen (secondary N) is 1. The Morgan fingerprint density at radius 3 is 2.88 bits per heavy atom. The average molecular weight is 230 g/mol. The highest BCUT2D eigenvalue weighted by Gasteiger charge is 2.19. The molecule has 0 saturated carbocycles. The van der Waals surface area contributed by atoms with E-state index >= 15 is 0 Å². The predicted molar refractivity (Wildman–Crippen MR) is 69.7 cm³/mol. The lowest BCUT2D eigenvalue weighted by Gasteiger charge is -2.18. The van der Waals surface area contributed by atoms with Crippen LogP contribution in [0.3, 0.4) is 0 Å². The van der Waals surface area contributed by atoms with Crippen LogP contribution in [-0.4, -0.2) is 18.2 Å². The van der Waals surface area contributed by atoms with E-state index in [0.29, 0.717) is 0 Å². The molecule has 90 valence electrons. The molecule has 1 aliphatic rings. The standard InChI is InChI=1S/C14H18N2O/c1-9-6-11-10(2)12-8-15-4-5-16(12)14(11)13(7-9)17-3/h6-7,15H,4-5,8H2,1-3H3. The van der Waals surface area contributed by atoms with Gasteiger partial charge in [-0.3, -0.25) is 0 Å². The molecule has 0 radical (unpaired) electrons. The molecule has 0 bridgehead atoms. The minimum atomic E-state index is 0.961. The van der Waals surface area contributed by atoms with Crippen molar-refractivity contribution in [2.75, 3.05) is 13.7 Å². The van der Waals surface area contributed by atoms with E-state index in [0.717, 1.165) is 25.4 Å². The quantitative estimate of drug-likeness (QED) is 0.814. The van der Waals surface area contributed by atoms with Gasteiger partial charge in [0.05, 0.1) is 12.6 Å². The van der Waals surface area contributed by atoms with Crippen LogP contribution in [0.25, 0.3) is 10.9 Å². The van der Waals surface area contributed by atoms with Gasteiger partial charge in [0, 0.05) is 30.7 Å². The summed E-state index contributed by atoms with van der Waals surface area (Å²) in [6, 6.07) is 4.38. The molecular weight excluding hydrogens is 212 g/mol. The molecule has 2 heterocycles. The Kier molecular flexibility index (Phi) is 2.37. The van der Waals surface area contributed by atoms with E-state index in [1.165, 1.54) is 27.7 Å². The van der Waals surface area contributed by atoms with Gasteiger partial charge in [0.15, 0.2) is 0 Å². The Labute approximate surface area is 101 Å². The Hall–Kier alpha value is -1.48. The number of benzene rings is 1. The van der Waals surface area contributed by atoms with Gasteiger partial charge < -0.3 is 14.6 Å². The molecule has 2 aromatic rings. The van der Waals surface area contributed by atoms with Crippen molar-refractivity contribution in [1.82, 2.24) is 9.88 Å². The second-order valence-corrected chi connectivity index (χ2v) is 4.76. The fourth-order valence-corrected chi connectivity index (χ4v) is 2.83. The Balaban J connectivity index is 2.41. The predicted octanol–water partition coefficient (Wildman–Crippen LogP) is 2.37. The molecule has 0 aliphatic carbocycles. The van der Waals surface area contributed by atoms with Crippen molar-refractivity contribution in [2.45, 2.75) is 26.9 Å². The number of nitrogens with zero attached hydrogens (tertiary/aromatic N) is 1. The van der Waals surface area contributed by atoms with Crippen LogP contribution in [0.4, 0.5) is 0 Å². The summed E-state index contributed by atoms with van der Waals surface area (Å²) in [7, 11) is 1.75. The monoisotopic (exact) mass is 230 g/mol. The van der Waals surface area contributed by atoms with Gasteiger partial charge in [0.25, 0.3) is 0 Å². The van der Waals surface area contributed by atoms with Gasteiger partial charge in [-0.25, -0.2) is 0 Å². The SMILES string of the molecule is COc1cc(C)cc2c(C)c3n(c12)CCNC3. The van der Waals surface area contributed by atoms with Crippen LogP contribution in [0.5, 0.6) is 5.75 Å². The molecule has 17 heavy (non-hydrogen) atoms. The summed E-state index contributed by atoms with van der Waals surface area (Å²) in [4.78, 5) is 0. The van der Waals surface area contributed by atoms with Crippen molar-refractivity contribution in [1.29, 1.82) is 0 Å². The molecule has 1 aromatic carbocycles. The molecule has 0 fully saturated rings. The van der Waals surface area contributed by atoms with Crippen molar-refractivity contribution in [3.05, 3.63) is 29.0 Å². The first-order valence-corrected chi connectivity index (χ1v) is 6.09. The maximum Gasteiger partial charge on any atom is 0.143 e. The lowest BCUT2D eigenvalue weighted by Crippen LogP contribution is -2.28. The molecule has 1 aliphatic heterocycles. The number of rotatable bonds is 1. The van der Waals surface area contributed by atoms with E-state index in [9.17, 15) is 0 Å². The van der Waals surface area contributed by atoms with Gasteiger partial charge in [-0.05, 0) is 37.1 Å². The molecule has 0 unspecified atom stereocenters. The summed E-state index contributed by atoms with van der Waals surface area (Å²) in [6.45, 7) is 7.35. The molecule has 0 atom stereocenters. The molecule has 0 spiro atoms. The van der Waals surface area contributed by atoms with Crippen LogP contribution in [0, 0.1) is 13.8 Å². The number of hydrogen-bond donors (Lipinski definition) is 1. The number of aromatic nitrogens is 1. The van der Waals surface area contributed by atoms with E-state index in [1.807, 2.05) is 0 Å². The maximum absolute atomic E-state index is 5.55. The Morgan fingerprint density at radius 1 is 1.29 bits per heavy atom. The van der Waals surface area contributed by atoms with Crippen molar-refractivity contribution in [2.24, 2.45) is 0 Å². The molecule has 1 N–H and O–H groups in total. The fourth-order valence-electron chi connectivity index (χ4n) is 2.83. The second-order valence-electron chi connectivity index (χ2n) is 4.76. The summed E-state index contributed by atoms with van der Waals surface area (Å²) in [6.07, 6.45) is 0. The zero-order chi connectivity index (χ0) is 12.0. The number of aryl methyl sites for hydroxylation is 2. The number of hydrogen-bond acceptors (Lipinski definition) is 2. The van der Waals surface area contributed by atoms with E-state index < -0.39 is 0 Å². The van der Waals surface area contributed by atoms with Crippen LogP contribution < -0.4 is 10.1 Å². The summed E-state index contributed by atoms with van der Waals surface area (Å²) < 4.78 is 7.95. The smallest absolute Gasteiger partial charge is 0.143 e. The third kappa shape index (κ3) is 1.46. The molecule has 3 rings (SSSR count). The van der Waals surface area contributed by atoms with E-state index in [2.05, 4.69) is 35.9 Å². The highest BCUT2D eigenvalue weighted by molar-refractivity contribution is 5.91. The highest BCUT2D eigenvalue weighted by atomic mass is 16.5. The van der Waals surface area contributed by atoms with Crippen LogP contribution in [0.2, 0.25) is 0 Å². The van der Waals surface area contributed by atoms with Crippen LogP contribution in [-0.2, 0) is 13.1 Å². The third-order valence-corrected chi connectivity index (χ3v) is 3.68. The van der Waals surface area contributed by atoms with Gasteiger partial charge >= 0.3 is 0 Å². The zero-order valence-corrected chi connectivity index (χ0v) is 10.6. The first-order valence-electron chi connectivity index (χ1n) is 6.09. The van der Waals surface area contributed by atoms with Crippen LogP contribution >= 0.6 is 0 Å². The first kappa shape index (κ1) is 10.7. The number of ether oxygens (including phenoxy) is 1. The van der Waals surface area contributed by atoms with Crippen LogP contribution in [0.15, 0.2) is 12.1 Å². The van der Waals surface area contributed by atoms with Crippen molar-refractivity contribution in [3.8, 4) is 5.75 Å². The van der Waals surface area contributed by atoms with E-state index in [-0.39, 0.29) is 0 Å². The van der Waals surface area contributed by atoms with E-state index in [4.69, 9.17) is 4.74 Å². The summed E-state index contributed by atoms with van der Waals surface area (Å²) in [5.74, 6) is 0.997. The maximum atomic E-state index is 5.55. The normalized spacial score (nSPS) is 15.0. The minimum Gasteiger partial charge on any atom is -0.495 e. The van der Waals surface area contributed by atoms with Gasteiger partial charge in [0.2, 0.25) is 0 Å². The lowest BCUT2D eigenvalue weighted by molar-refractivity contribution is 0.415. The highest BCUT2D eigenvalue weighted by Crippen LogP contribution is 2.34. The molecule has 3 heteroatoms. The Morgan fingerprint density at radius 2 is 2.12 bits per heavy atom. The van der Waals surface area contributed by atoms with Gasteiger partial charge in [-0.2, -0.15) is 0 Å². The second kappa shape index (κ2) is 3.77. The summed E-state index contributed by atoms with van der Waals surface area (Å²) in [5, 5.41) is 4.77. The Bertz CT molecular complexity index is 584. The first-order chi connectivity index (χ1) is 8.22. The van der Waals surface area contributed by atoms with E-state index in [1.54, 1.807) is 7.11 Å². The molecule has 1 aromatic heterocycles. The fraction of sp³-hybridized carbons (Fsp3) is 0.429. The molecule has 0 saturated heterocycles. The van der Waals surface area contributed by atoms with Crippen molar-refractivity contribution in [3.63, 3.8) is 0 Å².